The average Bonchev–Trinajstić information content (AvgIpc) is 2.53. The van der Waals surface area contributed by atoms with Gasteiger partial charge in [-0.25, -0.2) is 0 Å². The number of rotatable bonds is 11. The van der Waals surface area contributed by atoms with Gasteiger partial charge in [-0.05, 0) is 49.2 Å². The fourth-order valence-electron chi connectivity index (χ4n) is 3.84. The first-order valence-electron chi connectivity index (χ1n) is 9.70. The van der Waals surface area contributed by atoms with E-state index >= 15 is 0 Å². The highest BCUT2D eigenvalue weighted by Crippen LogP contribution is 2.36. The normalized spacial score (nSPS) is 17.6. The Balaban J connectivity index is 2.78. The van der Waals surface area contributed by atoms with Crippen LogP contribution in [0.5, 0.6) is 0 Å². The zero-order valence-corrected chi connectivity index (χ0v) is 15.6. The van der Waals surface area contributed by atoms with Crippen LogP contribution in [0.1, 0.15) is 91.9 Å². The van der Waals surface area contributed by atoms with Crippen molar-refractivity contribution in [1.82, 2.24) is 0 Å². The van der Waals surface area contributed by atoms with Gasteiger partial charge in [-0.1, -0.05) is 90.0 Å². The Kier molecular flexibility index (Phi) is 9.52. The van der Waals surface area contributed by atoms with Crippen LogP contribution in [0.3, 0.4) is 0 Å². The zero-order chi connectivity index (χ0) is 16.4. The molecule has 0 aromatic carbocycles. The molecule has 126 valence electrons. The van der Waals surface area contributed by atoms with E-state index in [-0.39, 0.29) is 0 Å². The molecular weight excluding hydrogens is 264 g/mol. The molecule has 2 unspecified atom stereocenters. The molecule has 0 heteroatoms. The second-order valence-corrected chi connectivity index (χ2v) is 7.13. The van der Waals surface area contributed by atoms with Crippen LogP contribution < -0.4 is 0 Å². The third-order valence-corrected chi connectivity index (χ3v) is 5.24. The number of unbranched alkanes of at least 4 members (excludes halogenated alkanes) is 3. The number of hydrogen-bond donors (Lipinski definition) is 0. The first-order chi connectivity index (χ1) is 10.6. The van der Waals surface area contributed by atoms with Gasteiger partial charge in [0, 0.05) is 0 Å². The van der Waals surface area contributed by atoms with Crippen molar-refractivity contribution >= 4 is 0 Å². The Morgan fingerprint density at radius 2 is 1.86 bits per heavy atom. The van der Waals surface area contributed by atoms with E-state index in [9.17, 15) is 0 Å². The minimum absolute atomic E-state index is 0.690. The molecule has 0 bridgehead atoms. The summed E-state index contributed by atoms with van der Waals surface area (Å²) in [7, 11) is 0. The molecule has 1 aliphatic rings. The van der Waals surface area contributed by atoms with Crippen LogP contribution in [0.4, 0.5) is 0 Å². The van der Waals surface area contributed by atoms with Gasteiger partial charge >= 0.3 is 0 Å². The molecular formula is C22H38. The minimum Gasteiger partial charge on any atom is -0.0950 e. The fourth-order valence-corrected chi connectivity index (χ4v) is 3.84. The van der Waals surface area contributed by atoms with Crippen molar-refractivity contribution in [2.24, 2.45) is 11.8 Å². The van der Waals surface area contributed by atoms with Gasteiger partial charge in [0.05, 0.1) is 0 Å². The average molecular weight is 303 g/mol. The molecule has 0 saturated heterocycles. The smallest absolute Gasteiger partial charge is 0.0134 e. The predicted octanol–water partition coefficient (Wildman–Crippen LogP) is 7.62. The van der Waals surface area contributed by atoms with Crippen molar-refractivity contribution in [1.29, 1.82) is 0 Å². The molecule has 22 heavy (non-hydrogen) atoms. The Morgan fingerprint density at radius 1 is 1.09 bits per heavy atom. The summed E-state index contributed by atoms with van der Waals surface area (Å²) in [4.78, 5) is 0. The van der Waals surface area contributed by atoms with Crippen LogP contribution in [-0.2, 0) is 0 Å². The summed E-state index contributed by atoms with van der Waals surface area (Å²) in [6, 6.07) is 0. The van der Waals surface area contributed by atoms with Crippen LogP contribution in [-0.4, -0.2) is 0 Å². The quantitative estimate of drug-likeness (QED) is 0.344. The summed E-state index contributed by atoms with van der Waals surface area (Å²) < 4.78 is 0. The summed E-state index contributed by atoms with van der Waals surface area (Å²) in [6.07, 6.45) is 18.0. The molecule has 0 nitrogen and oxygen atoms in total. The maximum Gasteiger partial charge on any atom is -0.0134 e. The van der Waals surface area contributed by atoms with Crippen molar-refractivity contribution in [2.75, 3.05) is 0 Å². The highest BCUT2D eigenvalue weighted by Gasteiger charge is 2.23. The van der Waals surface area contributed by atoms with Crippen LogP contribution in [0.15, 0.2) is 35.5 Å². The van der Waals surface area contributed by atoms with Crippen LogP contribution in [0.25, 0.3) is 0 Å². The van der Waals surface area contributed by atoms with E-state index in [1.54, 1.807) is 0 Å². The molecule has 0 fully saturated rings. The van der Waals surface area contributed by atoms with Crippen LogP contribution in [0, 0.1) is 11.8 Å². The summed E-state index contributed by atoms with van der Waals surface area (Å²) in [6.45, 7) is 13.8. The molecule has 0 radical (unpaired) electrons. The van der Waals surface area contributed by atoms with E-state index < -0.39 is 0 Å². The standard InChI is InChI=1S/C22H38/c1-6-9-10-11-16-22(20(8-3)13-7-2)19(5)21-15-12-14-18(4)17-21/h15,17,20,22H,5-14,16H2,1-4H3. The van der Waals surface area contributed by atoms with Gasteiger partial charge in [0.25, 0.3) is 0 Å². The van der Waals surface area contributed by atoms with E-state index in [0.29, 0.717) is 5.92 Å². The van der Waals surface area contributed by atoms with Gasteiger partial charge < -0.3 is 0 Å². The fraction of sp³-hybridized carbons (Fsp3) is 0.727. The molecule has 0 N–H and O–H groups in total. The predicted molar refractivity (Wildman–Crippen MR) is 101 cm³/mol. The van der Waals surface area contributed by atoms with Gasteiger partial charge in [-0.15, -0.1) is 0 Å². The van der Waals surface area contributed by atoms with E-state index in [1.807, 2.05) is 0 Å². The van der Waals surface area contributed by atoms with E-state index in [2.05, 4.69) is 46.4 Å². The number of allylic oxidation sites excluding steroid dienone is 5. The summed E-state index contributed by atoms with van der Waals surface area (Å²) >= 11 is 0. The highest BCUT2D eigenvalue weighted by molar-refractivity contribution is 5.43. The topological polar surface area (TPSA) is 0 Å². The first-order valence-corrected chi connectivity index (χ1v) is 9.70. The summed E-state index contributed by atoms with van der Waals surface area (Å²) in [5, 5.41) is 0. The maximum atomic E-state index is 4.55. The highest BCUT2D eigenvalue weighted by atomic mass is 14.3. The minimum atomic E-state index is 0.690. The SMILES string of the molecule is C=C(C1=CCCC(C)=C1)C(CCCCCC)C(CC)CCC. The van der Waals surface area contributed by atoms with Crippen molar-refractivity contribution in [3.63, 3.8) is 0 Å². The van der Waals surface area contributed by atoms with Gasteiger partial charge in [0.15, 0.2) is 0 Å². The molecule has 0 aliphatic heterocycles. The Morgan fingerprint density at radius 3 is 2.45 bits per heavy atom. The molecule has 0 amide bonds. The molecule has 1 aliphatic carbocycles. The van der Waals surface area contributed by atoms with Crippen LogP contribution in [0.2, 0.25) is 0 Å². The monoisotopic (exact) mass is 302 g/mol. The largest absolute Gasteiger partial charge is 0.0950 e. The number of hydrogen-bond acceptors (Lipinski definition) is 0. The van der Waals surface area contributed by atoms with Gasteiger partial charge in [0.2, 0.25) is 0 Å². The van der Waals surface area contributed by atoms with Crippen molar-refractivity contribution in [3.8, 4) is 0 Å². The van der Waals surface area contributed by atoms with Crippen molar-refractivity contribution in [2.45, 2.75) is 91.9 Å². The second kappa shape index (κ2) is 10.9. The van der Waals surface area contributed by atoms with Crippen molar-refractivity contribution in [3.05, 3.63) is 35.5 Å². The lowest BCUT2D eigenvalue weighted by atomic mass is 9.75. The lowest BCUT2D eigenvalue weighted by Crippen LogP contribution is -2.18. The molecule has 2 atom stereocenters. The Labute approximate surface area is 139 Å². The van der Waals surface area contributed by atoms with Crippen molar-refractivity contribution < 1.29 is 0 Å². The van der Waals surface area contributed by atoms with E-state index in [1.165, 1.54) is 80.9 Å². The third kappa shape index (κ3) is 6.15. The summed E-state index contributed by atoms with van der Waals surface area (Å²) in [5.74, 6) is 1.51. The van der Waals surface area contributed by atoms with Gasteiger partial charge in [-0.3, -0.25) is 0 Å². The van der Waals surface area contributed by atoms with Gasteiger partial charge in [-0.2, -0.15) is 0 Å². The molecule has 1 rings (SSSR count). The summed E-state index contributed by atoms with van der Waals surface area (Å²) in [5.41, 5.74) is 4.39. The Bertz CT molecular complexity index is 383. The molecule has 0 aromatic heterocycles. The second-order valence-electron chi connectivity index (χ2n) is 7.13. The van der Waals surface area contributed by atoms with Gasteiger partial charge in [0.1, 0.15) is 0 Å². The molecule has 0 spiro atoms. The molecule has 0 saturated carbocycles. The van der Waals surface area contributed by atoms with Crippen LogP contribution >= 0.6 is 0 Å². The third-order valence-electron chi connectivity index (χ3n) is 5.24. The maximum absolute atomic E-state index is 4.55. The van der Waals surface area contributed by atoms with E-state index in [0.717, 1.165) is 5.92 Å². The zero-order valence-electron chi connectivity index (χ0n) is 15.6. The lowest BCUT2D eigenvalue weighted by molar-refractivity contribution is 0.318. The molecule has 0 aromatic rings. The first kappa shape index (κ1) is 19.3. The molecule has 0 heterocycles. The van der Waals surface area contributed by atoms with E-state index in [4.69, 9.17) is 0 Å². The Hall–Kier alpha value is -0.780. The lowest BCUT2D eigenvalue weighted by Gasteiger charge is -2.30.